The van der Waals surface area contributed by atoms with E-state index in [9.17, 15) is 0 Å². The molecular weight excluding hydrogens is 153 g/mol. The quantitative estimate of drug-likeness (QED) is 0.209. The third-order valence-electron chi connectivity index (χ3n) is 0. The summed E-state index contributed by atoms with van der Waals surface area (Å²) < 4.78 is 0. The van der Waals surface area contributed by atoms with Gasteiger partial charge in [0.15, 0.2) is 0 Å². The summed E-state index contributed by atoms with van der Waals surface area (Å²) in [5.74, 6) is 0. The van der Waals surface area contributed by atoms with Crippen molar-refractivity contribution < 1.29 is 34.6 Å². The molecule has 0 bridgehead atoms. The van der Waals surface area contributed by atoms with Crippen LogP contribution in [0.4, 0.5) is 0 Å². The van der Waals surface area contributed by atoms with Gasteiger partial charge in [-0.15, -0.1) is 0 Å². The summed E-state index contributed by atoms with van der Waals surface area (Å²) in [5, 5.41) is 14.8. The molecule has 0 atom stereocenters. The van der Waals surface area contributed by atoms with E-state index in [1.165, 1.54) is 0 Å². The van der Waals surface area contributed by atoms with Crippen LogP contribution in [0.3, 0.4) is 0 Å². The molecule has 0 aliphatic heterocycles. The van der Waals surface area contributed by atoms with Gasteiger partial charge in [-0.25, -0.2) is 0 Å². The Morgan fingerprint density at radius 1 is 1.33 bits per heavy atom. The van der Waals surface area contributed by atoms with E-state index < -0.39 is 5.09 Å². The largest absolute Gasteiger partial charge is 2.00 e. The predicted octanol–water partition coefficient (Wildman–Crippen LogP) is -3.24. The van der Waals surface area contributed by atoms with Gasteiger partial charge in [0.2, 0.25) is 0 Å². The molecule has 0 rings (SSSR count). The normalized spacial score (nSPS) is 4.00. The van der Waals surface area contributed by atoms with Crippen molar-refractivity contribution in [1.82, 2.24) is 0 Å². The average molecular weight is 153 g/mol. The fourth-order valence-corrected chi connectivity index (χ4v) is 0. The molecule has 0 radical (unpaired) electrons. The summed E-state index contributed by atoms with van der Waals surface area (Å²) in [7, 11) is 0. The first kappa shape index (κ1) is 16.7. The van der Waals surface area contributed by atoms with E-state index in [1.54, 1.807) is 0 Å². The van der Waals surface area contributed by atoms with Crippen molar-refractivity contribution in [3.63, 3.8) is 0 Å². The summed E-state index contributed by atoms with van der Waals surface area (Å²) in [4.78, 5) is 8.25. The Morgan fingerprint density at radius 3 is 1.33 bits per heavy atom. The summed E-state index contributed by atoms with van der Waals surface area (Å²) in [6.45, 7) is 0. The van der Waals surface area contributed by atoms with Gasteiger partial charge in [-0.2, -0.15) is 0 Å². The van der Waals surface area contributed by atoms with Gasteiger partial charge in [-0.3, -0.25) is 0 Å². The van der Waals surface area contributed by atoms with Crippen molar-refractivity contribution in [2.24, 2.45) is 0 Å². The molecule has 0 aromatic rings. The van der Waals surface area contributed by atoms with E-state index in [2.05, 4.69) is 0 Å². The molecule has 38 valence electrons. The summed E-state index contributed by atoms with van der Waals surface area (Å²) in [6, 6.07) is 0. The molecule has 6 heteroatoms. The van der Waals surface area contributed by atoms with Crippen LogP contribution in [0.1, 0.15) is 0 Å². The van der Waals surface area contributed by atoms with Crippen LogP contribution in [0.15, 0.2) is 0 Å². The second kappa shape index (κ2) is 8.89. The average Bonchev–Trinajstić information content (AvgIpc) is 0.811. The molecule has 0 aliphatic carbocycles. The van der Waals surface area contributed by atoms with Crippen molar-refractivity contribution in [3.8, 4) is 0 Å². The minimum absolute atomic E-state index is 0. The van der Waals surface area contributed by atoms with Gasteiger partial charge < -0.3 is 27.7 Å². The predicted molar refractivity (Wildman–Crippen MR) is 10.4 cm³/mol. The van der Waals surface area contributed by atoms with Gasteiger partial charge in [-0.05, 0) is 0 Å². The van der Waals surface area contributed by atoms with Gasteiger partial charge in [0, 0.05) is 0 Å². The van der Waals surface area contributed by atoms with Crippen molar-refractivity contribution >= 4 is 0 Å². The maximum atomic E-state index is 8.25. The SMILES string of the molecule is O=[N+]([O-])[O-].[Cl-].[Fe+2]. The van der Waals surface area contributed by atoms with Crippen LogP contribution in [0.2, 0.25) is 0 Å². The Hall–Kier alpha value is 0.00948. The maximum Gasteiger partial charge on any atom is 2.00 e. The number of rotatable bonds is 0. The Balaban J connectivity index is -0.0000000450. The molecule has 0 aromatic carbocycles. The second-order valence-electron chi connectivity index (χ2n) is 0.224. The van der Waals surface area contributed by atoms with Crippen LogP contribution in [0, 0.1) is 15.3 Å². The monoisotopic (exact) mass is 153 g/mol. The molecule has 0 spiro atoms. The molecular formula is ClFeNO3. The minimum atomic E-state index is -1.75. The van der Waals surface area contributed by atoms with Crippen LogP contribution < -0.4 is 12.4 Å². The molecule has 0 aromatic heterocycles. The Morgan fingerprint density at radius 2 is 1.33 bits per heavy atom. The molecule has 0 amide bonds. The van der Waals surface area contributed by atoms with E-state index in [0.717, 1.165) is 0 Å². The fourth-order valence-electron chi connectivity index (χ4n) is 0. The first-order valence-electron chi connectivity index (χ1n) is 0.548. The molecule has 6 heavy (non-hydrogen) atoms. The molecule has 0 heterocycles. The zero-order chi connectivity index (χ0) is 3.58. The Labute approximate surface area is 50.5 Å². The number of hydrogen-bond donors (Lipinski definition) is 0. The Bertz CT molecular complexity index is 33.8. The summed E-state index contributed by atoms with van der Waals surface area (Å²) >= 11 is 0. The van der Waals surface area contributed by atoms with Gasteiger partial charge in [-0.1, -0.05) is 0 Å². The summed E-state index contributed by atoms with van der Waals surface area (Å²) in [5.41, 5.74) is 0. The van der Waals surface area contributed by atoms with E-state index in [4.69, 9.17) is 15.3 Å². The first-order valence-corrected chi connectivity index (χ1v) is 0.548. The molecule has 0 saturated heterocycles. The van der Waals surface area contributed by atoms with Crippen LogP contribution in [-0.4, -0.2) is 5.09 Å². The minimum Gasteiger partial charge on any atom is -1.00 e. The van der Waals surface area contributed by atoms with Crippen molar-refractivity contribution in [1.29, 1.82) is 0 Å². The number of nitrogens with zero attached hydrogens (tertiary/aromatic N) is 1. The number of halogens is 1. The second-order valence-corrected chi connectivity index (χ2v) is 0.224. The molecule has 0 saturated carbocycles. The van der Waals surface area contributed by atoms with Crippen molar-refractivity contribution in [3.05, 3.63) is 15.3 Å². The van der Waals surface area contributed by atoms with Crippen LogP contribution in [0.5, 0.6) is 0 Å². The molecule has 0 fully saturated rings. The first-order chi connectivity index (χ1) is 1.73. The zero-order valence-corrected chi connectivity index (χ0v) is 4.26. The summed E-state index contributed by atoms with van der Waals surface area (Å²) in [6.07, 6.45) is 0. The topological polar surface area (TPSA) is 66.2 Å². The van der Waals surface area contributed by atoms with Gasteiger partial charge in [0.05, 0.1) is 5.09 Å². The molecule has 4 nitrogen and oxygen atoms in total. The van der Waals surface area contributed by atoms with Gasteiger partial charge in [0.1, 0.15) is 0 Å². The number of hydrogen-bond acceptors (Lipinski definition) is 3. The van der Waals surface area contributed by atoms with E-state index in [1.807, 2.05) is 0 Å². The molecule has 0 aliphatic rings. The van der Waals surface area contributed by atoms with Crippen LogP contribution >= 0.6 is 0 Å². The van der Waals surface area contributed by atoms with E-state index in [0.29, 0.717) is 0 Å². The Kier molecular flexibility index (Phi) is 24.7. The fraction of sp³-hybridized carbons (Fsp3) is 0. The van der Waals surface area contributed by atoms with Crippen LogP contribution in [-0.2, 0) is 17.1 Å². The third kappa shape index (κ3) is 404000. The van der Waals surface area contributed by atoms with E-state index >= 15 is 0 Å². The standard InChI is InChI=1S/ClH.Fe.NO3/c;;2-1(3)4/h1H;;/q;+2;-1/p-1. The van der Waals surface area contributed by atoms with Gasteiger partial charge >= 0.3 is 17.1 Å². The molecule has 0 N–H and O–H groups in total. The molecule has 0 unspecified atom stereocenters. The van der Waals surface area contributed by atoms with Gasteiger partial charge in [0.25, 0.3) is 0 Å². The third-order valence-corrected chi connectivity index (χ3v) is 0. The van der Waals surface area contributed by atoms with Crippen molar-refractivity contribution in [2.75, 3.05) is 0 Å². The smallest absolute Gasteiger partial charge is 1.00 e. The van der Waals surface area contributed by atoms with Crippen molar-refractivity contribution in [2.45, 2.75) is 0 Å². The van der Waals surface area contributed by atoms with Crippen LogP contribution in [0.25, 0.3) is 0 Å². The zero-order valence-electron chi connectivity index (χ0n) is 2.40. The van der Waals surface area contributed by atoms with E-state index in [-0.39, 0.29) is 29.5 Å². The maximum absolute atomic E-state index is 8.25.